The highest BCUT2D eigenvalue weighted by atomic mass is 16.5. The van der Waals surface area contributed by atoms with E-state index < -0.39 is 0 Å². The molecule has 0 fully saturated rings. The van der Waals surface area contributed by atoms with Gasteiger partial charge in [-0.1, -0.05) is 29.8 Å². The van der Waals surface area contributed by atoms with Crippen LogP contribution >= 0.6 is 0 Å². The van der Waals surface area contributed by atoms with Crippen molar-refractivity contribution in [3.05, 3.63) is 53.6 Å². The molecule has 132 valence electrons. The van der Waals surface area contributed by atoms with Crippen molar-refractivity contribution >= 4 is 17.5 Å². The zero-order valence-electron chi connectivity index (χ0n) is 14.6. The van der Waals surface area contributed by atoms with Crippen LogP contribution in [0.15, 0.2) is 42.5 Å². The second-order valence-electron chi connectivity index (χ2n) is 5.56. The van der Waals surface area contributed by atoms with Crippen LogP contribution in [0.3, 0.4) is 0 Å². The van der Waals surface area contributed by atoms with Crippen LogP contribution in [0.5, 0.6) is 11.5 Å². The Bertz CT molecular complexity index is 759. The summed E-state index contributed by atoms with van der Waals surface area (Å²) in [4.78, 5) is 23.9. The lowest BCUT2D eigenvalue weighted by Gasteiger charge is -2.11. The van der Waals surface area contributed by atoms with Gasteiger partial charge in [-0.3, -0.25) is 9.59 Å². The Morgan fingerprint density at radius 1 is 0.960 bits per heavy atom. The van der Waals surface area contributed by atoms with E-state index in [-0.39, 0.29) is 24.8 Å². The fourth-order valence-electron chi connectivity index (χ4n) is 2.37. The minimum atomic E-state index is -0.315. The van der Waals surface area contributed by atoms with Gasteiger partial charge in [-0.25, -0.2) is 0 Å². The Hall–Kier alpha value is -3.02. The number of benzene rings is 2. The summed E-state index contributed by atoms with van der Waals surface area (Å²) in [5.41, 5.74) is 2.57. The zero-order chi connectivity index (χ0) is 18.2. The van der Waals surface area contributed by atoms with Gasteiger partial charge in [0.15, 0.2) is 11.5 Å². The van der Waals surface area contributed by atoms with Crippen LogP contribution in [0.1, 0.15) is 11.1 Å². The quantitative estimate of drug-likeness (QED) is 0.809. The van der Waals surface area contributed by atoms with Crippen LogP contribution in [-0.4, -0.2) is 32.6 Å². The maximum absolute atomic E-state index is 12.0. The summed E-state index contributed by atoms with van der Waals surface area (Å²) in [7, 11) is 3.06. The molecule has 0 aromatic heterocycles. The van der Waals surface area contributed by atoms with Gasteiger partial charge in [0.05, 0.1) is 27.2 Å². The lowest BCUT2D eigenvalue weighted by Crippen LogP contribution is -2.33. The van der Waals surface area contributed by atoms with Crippen molar-refractivity contribution in [2.45, 2.75) is 13.3 Å². The third kappa shape index (κ3) is 5.53. The molecule has 0 saturated heterocycles. The topological polar surface area (TPSA) is 76.7 Å². The zero-order valence-corrected chi connectivity index (χ0v) is 14.6. The smallest absolute Gasteiger partial charge is 0.243 e. The molecule has 2 aromatic rings. The van der Waals surface area contributed by atoms with Crippen molar-refractivity contribution in [3.8, 4) is 11.5 Å². The molecule has 0 saturated carbocycles. The number of hydrogen-bond acceptors (Lipinski definition) is 4. The molecular weight excluding hydrogens is 320 g/mol. The minimum Gasteiger partial charge on any atom is -0.493 e. The van der Waals surface area contributed by atoms with Crippen molar-refractivity contribution in [1.29, 1.82) is 0 Å². The van der Waals surface area contributed by atoms with Gasteiger partial charge < -0.3 is 20.1 Å². The van der Waals surface area contributed by atoms with Gasteiger partial charge in [0.1, 0.15) is 0 Å². The molecule has 0 spiro atoms. The number of ether oxygens (including phenoxy) is 2. The summed E-state index contributed by atoms with van der Waals surface area (Å²) in [5, 5.41) is 5.32. The molecule has 6 nitrogen and oxygen atoms in total. The summed E-state index contributed by atoms with van der Waals surface area (Å²) in [6.45, 7) is 1.87. The Balaban J connectivity index is 1.85. The van der Waals surface area contributed by atoms with E-state index in [1.54, 1.807) is 25.3 Å². The Labute approximate surface area is 147 Å². The standard InChI is InChI=1S/C19H22N2O4/c1-13-5-4-6-14(9-13)10-18(22)20-12-19(23)21-15-7-8-16(24-2)17(11-15)25-3/h4-9,11H,10,12H2,1-3H3,(H,20,22)(H,21,23). The van der Waals surface area contributed by atoms with Gasteiger partial charge in [-0.2, -0.15) is 0 Å². The minimum absolute atomic E-state index is 0.0982. The van der Waals surface area contributed by atoms with Gasteiger partial charge in [0.2, 0.25) is 11.8 Å². The number of methoxy groups -OCH3 is 2. The molecule has 2 aromatic carbocycles. The second-order valence-corrected chi connectivity index (χ2v) is 5.56. The van der Waals surface area contributed by atoms with Crippen LogP contribution < -0.4 is 20.1 Å². The third-order valence-corrected chi connectivity index (χ3v) is 3.56. The van der Waals surface area contributed by atoms with Crippen LogP contribution in [0.25, 0.3) is 0 Å². The number of carbonyl (C=O) groups excluding carboxylic acids is 2. The number of nitrogens with one attached hydrogen (secondary N) is 2. The molecule has 0 bridgehead atoms. The molecule has 2 N–H and O–H groups in total. The lowest BCUT2D eigenvalue weighted by atomic mass is 10.1. The molecular formula is C19H22N2O4. The molecule has 0 atom stereocenters. The molecule has 0 unspecified atom stereocenters. The van der Waals surface area contributed by atoms with Gasteiger partial charge in [0, 0.05) is 11.8 Å². The number of carbonyl (C=O) groups is 2. The maximum atomic E-state index is 12.0. The van der Waals surface area contributed by atoms with Crippen molar-refractivity contribution in [1.82, 2.24) is 5.32 Å². The molecule has 6 heteroatoms. The van der Waals surface area contributed by atoms with E-state index in [9.17, 15) is 9.59 Å². The Kier molecular flexibility index (Phi) is 6.39. The van der Waals surface area contributed by atoms with Crippen molar-refractivity contribution in [2.75, 3.05) is 26.1 Å². The summed E-state index contributed by atoms with van der Waals surface area (Å²) in [5.74, 6) is 0.577. The van der Waals surface area contributed by atoms with E-state index in [1.807, 2.05) is 31.2 Å². The van der Waals surface area contributed by atoms with Crippen molar-refractivity contribution < 1.29 is 19.1 Å². The summed E-state index contributed by atoms with van der Waals surface area (Å²) >= 11 is 0. The number of anilines is 1. The molecule has 2 rings (SSSR count). The average Bonchev–Trinajstić information content (AvgIpc) is 2.60. The van der Waals surface area contributed by atoms with Crippen LogP contribution in [0.2, 0.25) is 0 Å². The summed E-state index contributed by atoms with van der Waals surface area (Å²) in [6.07, 6.45) is 0.241. The van der Waals surface area contributed by atoms with Crippen LogP contribution in [-0.2, 0) is 16.0 Å². The van der Waals surface area contributed by atoms with Crippen LogP contribution in [0.4, 0.5) is 5.69 Å². The first-order valence-electron chi connectivity index (χ1n) is 7.86. The molecule has 0 aliphatic rings. The van der Waals surface area contributed by atoms with E-state index in [0.717, 1.165) is 11.1 Å². The first kappa shape index (κ1) is 18.3. The fourth-order valence-corrected chi connectivity index (χ4v) is 2.37. The van der Waals surface area contributed by atoms with E-state index >= 15 is 0 Å². The van der Waals surface area contributed by atoms with Gasteiger partial charge in [0.25, 0.3) is 0 Å². The molecule has 0 heterocycles. The fraction of sp³-hybridized carbons (Fsp3) is 0.263. The lowest BCUT2D eigenvalue weighted by molar-refractivity contribution is -0.123. The second kappa shape index (κ2) is 8.73. The number of hydrogen-bond donors (Lipinski definition) is 2. The predicted molar refractivity (Wildman–Crippen MR) is 96.1 cm³/mol. The molecule has 25 heavy (non-hydrogen) atoms. The highest BCUT2D eigenvalue weighted by Crippen LogP contribution is 2.29. The maximum Gasteiger partial charge on any atom is 0.243 e. The first-order valence-corrected chi connectivity index (χ1v) is 7.86. The first-order chi connectivity index (χ1) is 12.0. The SMILES string of the molecule is COc1ccc(NC(=O)CNC(=O)Cc2cccc(C)c2)cc1OC. The highest BCUT2D eigenvalue weighted by Gasteiger charge is 2.09. The summed E-state index contributed by atoms with van der Waals surface area (Å²) < 4.78 is 10.3. The average molecular weight is 342 g/mol. The van der Waals surface area contributed by atoms with Crippen LogP contribution in [0, 0.1) is 6.92 Å². The molecule has 0 aliphatic carbocycles. The van der Waals surface area contributed by atoms with Gasteiger partial charge in [-0.15, -0.1) is 0 Å². The number of rotatable bonds is 7. The van der Waals surface area contributed by atoms with Gasteiger partial charge >= 0.3 is 0 Å². The van der Waals surface area contributed by atoms with E-state index in [1.165, 1.54) is 7.11 Å². The van der Waals surface area contributed by atoms with Gasteiger partial charge in [-0.05, 0) is 24.6 Å². The summed E-state index contributed by atoms with van der Waals surface area (Å²) in [6, 6.07) is 12.8. The Morgan fingerprint density at radius 3 is 2.40 bits per heavy atom. The predicted octanol–water partition coefficient (Wildman–Crippen LogP) is 2.31. The normalized spacial score (nSPS) is 10.0. The number of amides is 2. The van der Waals surface area contributed by atoms with Crippen molar-refractivity contribution in [3.63, 3.8) is 0 Å². The highest BCUT2D eigenvalue weighted by molar-refractivity contribution is 5.95. The number of aryl methyl sites for hydroxylation is 1. The van der Waals surface area contributed by atoms with E-state index in [2.05, 4.69) is 10.6 Å². The molecule has 0 radical (unpaired) electrons. The van der Waals surface area contributed by atoms with E-state index in [4.69, 9.17) is 9.47 Å². The Morgan fingerprint density at radius 2 is 1.72 bits per heavy atom. The monoisotopic (exact) mass is 342 g/mol. The van der Waals surface area contributed by atoms with Crippen molar-refractivity contribution in [2.24, 2.45) is 0 Å². The largest absolute Gasteiger partial charge is 0.493 e. The van der Waals surface area contributed by atoms with E-state index in [0.29, 0.717) is 17.2 Å². The molecule has 2 amide bonds. The third-order valence-electron chi connectivity index (χ3n) is 3.56. The molecule has 0 aliphatic heterocycles.